The molecule has 0 aromatic heterocycles. The summed E-state index contributed by atoms with van der Waals surface area (Å²) in [7, 11) is 0. The molecule has 1 unspecified atom stereocenters. The fourth-order valence-electron chi connectivity index (χ4n) is 2.43. The van der Waals surface area contributed by atoms with E-state index in [4.69, 9.17) is 0 Å². The summed E-state index contributed by atoms with van der Waals surface area (Å²) < 4.78 is 0. The van der Waals surface area contributed by atoms with Gasteiger partial charge in [-0.1, -0.05) is 45.0 Å². The third-order valence-corrected chi connectivity index (χ3v) is 3.98. The maximum atomic E-state index is 3.64. The minimum absolute atomic E-state index is 0.250. The first-order valence-corrected chi connectivity index (χ1v) is 7.48. The van der Waals surface area contributed by atoms with Crippen LogP contribution < -0.4 is 10.6 Å². The number of rotatable bonds is 5. The summed E-state index contributed by atoms with van der Waals surface area (Å²) in [6.07, 6.45) is 1.12. The highest BCUT2D eigenvalue weighted by Gasteiger charge is 2.17. The molecule has 2 nitrogen and oxygen atoms in total. The van der Waals surface area contributed by atoms with Crippen molar-refractivity contribution < 1.29 is 0 Å². The summed E-state index contributed by atoms with van der Waals surface area (Å²) in [6, 6.07) is 9.67. The minimum Gasteiger partial charge on any atom is -0.316 e. The van der Waals surface area contributed by atoms with E-state index in [9.17, 15) is 0 Å². The van der Waals surface area contributed by atoms with Crippen molar-refractivity contribution in [3.63, 3.8) is 0 Å². The normalized spacial score (nSPS) is 18.1. The third-order valence-electron chi connectivity index (χ3n) is 3.98. The van der Waals surface area contributed by atoms with Gasteiger partial charge in [0.1, 0.15) is 0 Å². The molecule has 2 rings (SSSR count). The Labute approximate surface area is 118 Å². The number of benzene rings is 1. The molecule has 1 saturated heterocycles. The van der Waals surface area contributed by atoms with Gasteiger partial charge in [0, 0.05) is 25.7 Å². The van der Waals surface area contributed by atoms with Crippen LogP contribution in [0, 0.1) is 5.92 Å². The Kier molecular flexibility index (Phi) is 4.64. The molecule has 1 aliphatic rings. The van der Waals surface area contributed by atoms with Crippen LogP contribution in [0.1, 0.15) is 38.8 Å². The van der Waals surface area contributed by atoms with Gasteiger partial charge in [0.05, 0.1) is 0 Å². The molecule has 2 N–H and O–H groups in total. The van der Waals surface area contributed by atoms with Gasteiger partial charge in [0.25, 0.3) is 0 Å². The zero-order valence-corrected chi connectivity index (χ0v) is 12.8. The monoisotopic (exact) mass is 260 g/mol. The third kappa shape index (κ3) is 4.32. The second-order valence-electron chi connectivity index (χ2n) is 6.98. The van der Waals surface area contributed by atoms with E-state index in [1.807, 2.05) is 0 Å². The molecule has 106 valence electrons. The zero-order valence-electron chi connectivity index (χ0n) is 12.8. The molecule has 1 fully saturated rings. The highest BCUT2D eigenvalue weighted by molar-refractivity contribution is 5.27. The van der Waals surface area contributed by atoms with E-state index in [0.29, 0.717) is 6.04 Å². The van der Waals surface area contributed by atoms with Gasteiger partial charge in [0.15, 0.2) is 0 Å². The lowest BCUT2D eigenvalue weighted by atomic mass is 9.86. The minimum atomic E-state index is 0.250. The van der Waals surface area contributed by atoms with Gasteiger partial charge >= 0.3 is 0 Å². The highest BCUT2D eigenvalue weighted by atomic mass is 15.0. The largest absolute Gasteiger partial charge is 0.316 e. The first-order valence-electron chi connectivity index (χ1n) is 7.48. The molecular formula is C17H28N2. The van der Waals surface area contributed by atoms with E-state index < -0.39 is 0 Å². The van der Waals surface area contributed by atoms with Gasteiger partial charge in [-0.25, -0.2) is 0 Å². The summed E-state index contributed by atoms with van der Waals surface area (Å²) in [6.45, 7) is 12.6. The van der Waals surface area contributed by atoms with Crippen molar-refractivity contribution in [3.8, 4) is 0 Å². The van der Waals surface area contributed by atoms with E-state index >= 15 is 0 Å². The molecule has 19 heavy (non-hydrogen) atoms. The molecule has 0 bridgehead atoms. The van der Waals surface area contributed by atoms with Gasteiger partial charge in [-0.3, -0.25) is 0 Å². The molecular weight excluding hydrogens is 232 g/mol. The molecule has 0 aliphatic carbocycles. The Hall–Kier alpha value is -0.860. The van der Waals surface area contributed by atoms with Crippen molar-refractivity contribution in [3.05, 3.63) is 35.4 Å². The lowest BCUT2D eigenvalue weighted by molar-refractivity contribution is 0.319. The molecule has 0 radical (unpaired) electrons. The van der Waals surface area contributed by atoms with Gasteiger partial charge in [-0.15, -0.1) is 0 Å². The predicted molar refractivity (Wildman–Crippen MR) is 82.7 cm³/mol. The molecule has 2 heteroatoms. The van der Waals surface area contributed by atoms with E-state index in [1.165, 1.54) is 24.2 Å². The summed E-state index contributed by atoms with van der Waals surface area (Å²) >= 11 is 0. The fraction of sp³-hybridized carbons (Fsp3) is 0.647. The van der Waals surface area contributed by atoms with Crippen molar-refractivity contribution in [1.82, 2.24) is 10.6 Å². The second-order valence-corrected chi connectivity index (χ2v) is 6.98. The molecule has 1 aromatic rings. The Balaban J connectivity index is 1.81. The summed E-state index contributed by atoms with van der Waals surface area (Å²) in [4.78, 5) is 0. The topological polar surface area (TPSA) is 24.1 Å². The molecule has 1 aliphatic heterocycles. The second kappa shape index (κ2) is 6.06. The maximum Gasteiger partial charge on any atom is 0.00792 e. The molecule has 0 spiro atoms. The van der Waals surface area contributed by atoms with Crippen LogP contribution in [0.15, 0.2) is 24.3 Å². The van der Waals surface area contributed by atoms with Crippen LogP contribution in [-0.4, -0.2) is 25.7 Å². The SMILES string of the molecule is CC(Cc1ccc(C(C)(C)C)cc1)NCC1CNC1. The van der Waals surface area contributed by atoms with Crippen LogP contribution in [0.5, 0.6) is 0 Å². The smallest absolute Gasteiger partial charge is 0.00792 e. The summed E-state index contributed by atoms with van der Waals surface area (Å²) in [5, 5.41) is 6.95. The standard InChI is InChI=1S/C17H28N2/c1-13(19-12-15-10-18-11-15)9-14-5-7-16(8-6-14)17(2,3)4/h5-8,13,15,18-19H,9-12H2,1-4H3. The Morgan fingerprint density at radius 3 is 2.32 bits per heavy atom. The van der Waals surface area contributed by atoms with Crippen LogP contribution in [0.3, 0.4) is 0 Å². The van der Waals surface area contributed by atoms with Gasteiger partial charge in [-0.2, -0.15) is 0 Å². The highest BCUT2D eigenvalue weighted by Crippen LogP contribution is 2.22. The summed E-state index contributed by atoms with van der Waals surface area (Å²) in [5.74, 6) is 0.839. The molecule has 1 aromatic carbocycles. The molecule has 0 amide bonds. The first-order chi connectivity index (χ1) is 8.95. The Morgan fingerprint density at radius 2 is 1.84 bits per heavy atom. The quantitative estimate of drug-likeness (QED) is 0.850. The van der Waals surface area contributed by atoms with Crippen LogP contribution in [0.4, 0.5) is 0 Å². The van der Waals surface area contributed by atoms with Crippen LogP contribution in [-0.2, 0) is 11.8 Å². The van der Waals surface area contributed by atoms with Crippen LogP contribution in [0.2, 0.25) is 0 Å². The number of hydrogen-bond donors (Lipinski definition) is 2. The van der Waals surface area contributed by atoms with Crippen molar-refractivity contribution in [2.45, 2.75) is 45.6 Å². The van der Waals surface area contributed by atoms with Crippen LogP contribution in [0.25, 0.3) is 0 Å². The van der Waals surface area contributed by atoms with E-state index in [-0.39, 0.29) is 5.41 Å². The van der Waals surface area contributed by atoms with Crippen molar-refractivity contribution in [1.29, 1.82) is 0 Å². The Morgan fingerprint density at radius 1 is 1.21 bits per heavy atom. The molecule has 0 saturated carbocycles. The van der Waals surface area contributed by atoms with Gasteiger partial charge in [0.2, 0.25) is 0 Å². The van der Waals surface area contributed by atoms with Crippen LogP contribution >= 0.6 is 0 Å². The first kappa shape index (κ1) is 14.5. The lowest BCUT2D eigenvalue weighted by Gasteiger charge is -2.28. The maximum absolute atomic E-state index is 3.64. The van der Waals surface area contributed by atoms with Crippen molar-refractivity contribution >= 4 is 0 Å². The molecule has 1 heterocycles. The average molecular weight is 260 g/mol. The molecule has 1 atom stereocenters. The zero-order chi connectivity index (χ0) is 13.9. The van der Waals surface area contributed by atoms with E-state index in [2.05, 4.69) is 62.6 Å². The average Bonchev–Trinajstić information content (AvgIpc) is 2.26. The number of nitrogens with one attached hydrogen (secondary N) is 2. The lowest BCUT2D eigenvalue weighted by Crippen LogP contribution is -2.48. The van der Waals surface area contributed by atoms with Gasteiger partial charge < -0.3 is 10.6 Å². The Bertz CT molecular complexity index is 385. The van der Waals surface area contributed by atoms with Gasteiger partial charge in [-0.05, 0) is 35.8 Å². The van der Waals surface area contributed by atoms with E-state index in [0.717, 1.165) is 18.9 Å². The van der Waals surface area contributed by atoms with Crippen molar-refractivity contribution in [2.75, 3.05) is 19.6 Å². The number of hydrogen-bond acceptors (Lipinski definition) is 2. The summed E-state index contributed by atoms with van der Waals surface area (Å²) in [5.41, 5.74) is 3.09. The van der Waals surface area contributed by atoms with E-state index in [1.54, 1.807) is 0 Å². The predicted octanol–water partition coefficient (Wildman–Crippen LogP) is 2.72. The van der Waals surface area contributed by atoms with Crippen molar-refractivity contribution in [2.24, 2.45) is 5.92 Å². The fourth-order valence-corrected chi connectivity index (χ4v) is 2.43.